The highest BCUT2D eigenvalue weighted by Crippen LogP contribution is 2.55. The van der Waals surface area contributed by atoms with Gasteiger partial charge in [0.25, 0.3) is 5.91 Å². The van der Waals surface area contributed by atoms with Crippen LogP contribution in [0.3, 0.4) is 0 Å². The van der Waals surface area contributed by atoms with Crippen molar-refractivity contribution >= 4 is 23.3 Å². The lowest BCUT2D eigenvalue weighted by atomic mass is 10.1. The fourth-order valence-electron chi connectivity index (χ4n) is 4.67. The van der Waals surface area contributed by atoms with Gasteiger partial charge in [-0.1, -0.05) is 12.2 Å². The highest BCUT2D eigenvalue weighted by Gasteiger charge is 2.41. The van der Waals surface area contributed by atoms with E-state index in [9.17, 15) is 4.79 Å². The van der Waals surface area contributed by atoms with Crippen molar-refractivity contribution in [1.82, 2.24) is 10.2 Å². The van der Waals surface area contributed by atoms with E-state index in [2.05, 4.69) is 23.5 Å². The Morgan fingerprint density at radius 1 is 1.23 bits per heavy atom. The number of amides is 1. The van der Waals surface area contributed by atoms with Crippen molar-refractivity contribution in [2.24, 2.45) is 5.92 Å². The molecule has 1 aliphatic heterocycles. The van der Waals surface area contributed by atoms with Gasteiger partial charge in [-0.05, 0) is 61.6 Å². The van der Waals surface area contributed by atoms with Gasteiger partial charge in [-0.15, -0.1) is 11.3 Å². The van der Waals surface area contributed by atoms with Crippen LogP contribution in [-0.4, -0.2) is 44.2 Å². The predicted molar refractivity (Wildman–Crippen MR) is 120 cm³/mol. The molecule has 30 heavy (non-hydrogen) atoms. The normalized spacial score (nSPS) is 23.6. The average Bonchev–Trinajstić information content (AvgIpc) is 3.18. The van der Waals surface area contributed by atoms with E-state index in [1.54, 1.807) is 26.4 Å². The van der Waals surface area contributed by atoms with Gasteiger partial charge in [0.1, 0.15) is 0 Å². The Kier molecular flexibility index (Phi) is 5.29. The molecule has 5 nitrogen and oxygen atoms in total. The molecule has 1 aromatic heterocycles. The minimum Gasteiger partial charge on any atom is -0.493 e. The number of nitrogens with zero attached hydrogens (tertiary/aromatic N) is 1. The van der Waals surface area contributed by atoms with Crippen LogP contribution in [0.1, 0.15) is 50.9 Å². The zero-order valence-corrected chi connectivity index (χ0v) is 18.3. The van der Waals surface area contributed by atoms with Crippen LogP contribution in [0.2, 0.25) is 0 Å². The van der Waals surface area contributed by atoms with Gasteiger partial charge in [-0.25, -0.2) is 0 Å². The van der Waals surface area contributed by atoms with Crippen molar-refractivity contribution in [3.05, 3.63) is 51.2 Å². The number of hydrogen-bond donors (Lipinski definition) is 1. The number of rotatable bonds is 7. The summed E-state index contributed by atoms with van der Waals surface area (Å²) in [5.74, 6) is 2.72. The summed E-state index contributed by atoms with van der Waals surface area (Å²) in [6.07, 6.45) is 8.18. The Morgan fingerprint density at radius 3 is 2.87 bits per heavy atom. The number of thiophene rings is 1. The Morgan fingerprint density at radius 2 is 2.10 bits per heavy atom. The number of fused-ring (bicyclic) bond motifs is 3. The zero-order chi connectivity index (χ0) is 20.7. The summed E-state index contributed by atoms with van der Waals surface area (Å²) < 4.78 is 10.7. The van der Waals surface area contributed by atoms with E-state index in [0.717, 1.165) is 31.3 Å². The zero-order valence-electron chi connectivity index (χ0n) is 17.5. The lowest BCUT2D eigenvalue weighted by Crippen LogP contribution is -2.40. The van der Waals surface area contributed by atoms with Crippen LogP contribution in [0, 0.1) is 5.92 Å². The fraction of sp³-hybridized carbons (Fsp3) is 0.458. The molecule has 2 fully saturated rings. The standard InChI is InChI=1S/C24H28N2O3S/c1-28-21-8-7-17(12-22(21)29-2)24(27)26(13-18-4-3-9-25-18)14-19-10-16-6-5-15-11-20(15)23(16)30-19/h5-8,10,12,15,18,20,25H,3-4,9,11,13-14H2,1-2H3. The summed E-state index contributed by atoms with van der Waals surface area (Å²) in [5, 5.41) is 3.54. The van der Waals surface area contributed by atoms with Gasteiger partial charge in [0.05, 0.1) is 20.8 Å². The summed E-state index contributed by atoms with van der Waals surface area (Å²) in [6, 6.07) is 8.06. The first-order valence-electron chi connectivity index (χ1n) is 10.7. The molecular weight excluding hydrogens is 396 g/mol. The third-order valence-corrected chi connectivity index (χ3v) is 7.68. The molecule has 158 valence electrons. The van der Waals surface area contributed by atoms with E-state index in [1.807, 2.05) is 22.3 Å². The molecule has 0 spiro atoms. The van der Waals surface area contributed by atoms with Gasteiger partial charge < -0.3 is 19.7 Å². The lowest BCUT2D eigenvalue weighted by molar-refractivity contribution is 0.0730. The number of allylic oxidation sites excluding steroid dienone is 1. The van der Waals surface area contributed by atoms with Gasteiger partial charge >= 0.3 is 0 Å². The number of hydrogen-bond acceptors (Lipinski definition) is 5. The summed E-state index contributed by atoms with van der Waals surface area (Å²) in [4.78, 5) is 18.3. The molecule has 5 rings (SSSR count). The first-order chi connectivity index (χ1) is 14.7. The number of ether oxygens (including phenoxy) is 2. The van der Waals surface area contributed by atoms with Gasteiger partial charge in [0, 0.05) is 33.8 Å². The summed E-state index contributed by atoms with van der Waals surface area (Å²) in [5.41, 5.74) is 1.99. The summed E-state index contributed by atoms with van der Waals surface area (Å²) >= 11 is 1.89. The van der Waals surface area contributed by atoms with Crippen LogP contribution in [0.4, 0.5) is 0 Å². The van der Waals surface area contributed by atoms with Gasteiger partial charge in [0.15, 0.2) is 11.5 Å². The van der Waals surface area contributed by atoms with Crippen LogP contribution in [0.5, 0.6) is 11.5 Å². The van der Waals surface area contributed by atoms with E-state index < -0.39 is 0 Å². The van der Waals surface area contributed by atoms with Crippen molar-refractivity contribution in [2.75, 3.05) is 27.3 Å². The molecular formula is C24H28N2O3S. The largest absolute Gasteiger partial charge is 0.493 e. The number of nitrogens with one attached hydrogen (secondary N) is 1. The van der Waals surface area contributed by atoms with Crippen LogP contribution in [-0.2, 0) is 6.54 Å². The minimum absolute atomic E-state index is 0.0378. The molecule has 2 aromatic rings. The van der Waals surface area contributed by atoms with Crippen LogP contribution in [0.15, 0.2) is 30.3 Å². The molecule has 2 heterocycles. The maximum atomic E-state index is 13.5. The van der Waals surface area contributed by atoms with E-state index in [-0.39, 0.29) is 5.91 Å². The number of benzene rings is 1. The van der Waals surface area contributed by atoms with E-state index in [1.165, 1.54) is 28.2 Å². The van der Waals surface area contributed by atoms with E-state index >= 15 is 0 Å². The highest BCUT2D eigenvalue weighted by molar-refractivity contribution is 7.12. The second kappa shape index (κ2) is 8.08. The Labute approximate surface area is 181 Å². The van der Waals surface area contributed by atoms with E-state index in [0.29, 0.717) is 29.6 Å². The van der Waals surface area contributed by atoms with Crippen molar-refractivity contribution in [2.45, 2.75) is 37.8 Å². The Balaban J connectivity index is 1.40. The SMILES string of the molecule is COc1ccc(C(=O)N(Cc2cc3c(s2)C2CC2C=C3)CC2CCCN2)cc1OC. The summed E-state index contributed by atoms with van der Waals surface area (Å²) in [6.45, 7) is 2.40. The van der Waals surface area contributed by atoms with Crippen LogP contribution >= 0.6 is 11.3 Å². The monoisotopic (exact) mass is 424 g/mol. The predicted octanol–water partition coefficient (Wildman–Crippen LogP) is 4.29. The summed E-state index contributed by atoms with van der Waals surface area (Å²) in [7, 11) is 3.20. The second-order valence-corrected chi connectivity index (χ2v) is 9.61. The van der Waals surface area contributed by atoms with Gasteiger partial charge in [-0.2, -0.15) is 0 Å². The molecule has 3 unspecified atom stereocenters. The smallest absolute Gasteiger partial charge is 0.254 e. The maximum absolute atomic E-state index is 13.5. The number of methoxy groups -OCH3 is 2. The van der Waals surface area contributed by atoms with Crippen molar-refractivity contribution in [1.29, 1.82) is 0 Å². The number of carbonyl (C=O) groups is 1. The molecule has 3 aliphatic rings. The molecule has 6 heteroatoms. The molecule has 1 N–H and O–H groups in total. The fourth-order valence-corrected chi connectivity index (χ4v) is 6.02. The average molecular weight is 425 g/mol. The molecule has 1 aromatic carbocycles. The van der Waals surface area contributed by atoms with Crippen molar-refractivity contribution in [3.8, 4) is 11.5 Å². The first kappa shape index (κ1) is 19.6. The lowest BCUT2D eigenvalue weighted by Gasteiger charge is -2.26. The molecule has 1 saturated carbocycles. The van der Waals surface area contributed by atoms with Gasteiger partial charge in [0.2, 0.25) is 0 Å². The van der Waals surface area contributed by atoms with Crippen LogP contribution in [0.25, 0.3) is 6.08 Å². The highest BCUT2D eigenvalue weighted by atomic mass is 32.1. The molecule has 3 atom stereocenters. The molecule has 1 saturated heterocycles. The minimum atomic E-state index is 0.0378. The van der Waals surface area contributed by atoms with E-state index in [4.69, 9.17) is 9.47 Å². The Bertz CT molecular complexity index is 977. The Hall–Kier alpha value is -2.31. The quantitative estimate of drug-likeness (QED) is 0.720. The topological polar surface area (TPSA) is 50.8 Å². The number of carbonyl (C=O) groups excluding carboxylic acids is 1. The third-order valence-electron chi connectivity index (χ3n) is 6.41. The second-order valence-electron chi connectivity index (χ2n) is 8.45. The molecule has 0 radical (unpaired) electrons. The van der Waals surface area contributed by atoms with Crippen molar-refractivity contribution in [3.63, 3.8) is 0 Å². The van der Waals surface area contributed by atoms with Crippen molar-refractivity contribution < 1.29 is 14.3 Å². The molecule has 0 bridgehead atoms. The maximum Gasteiger partial charge on any atom is 0.254 e. The molecule has 1 amide bonds. The third kappa shape index (κ3) is 3.74. The van der Waals surface area contributed by atoms with Crippen LogP contribution < -0.4 is 14.8 Å². The molecule has 2 aliphatic carbocycles. The first-order valence-corrected chi connectivity index (χ1v) is 11.5. The van der Waals surface area contributed by atoms with Gasteiger partial charge in [-0.3, -0.25) is 4.79 Å².